The summed E-state index contributed by atoms with van der Waals surface area (Å²) in [6.07, 6.45) is 0. The number of ether oxygens (including phenoxy) is 4. The van der Waals surface area contributed by atoms with Gasteiger partial charge in [0.2, 0.25) is 5.75 Å². The summed E-state index contributed by atoms with van der Waals surface area (Å²) in [5, 5.41) is 0. The lowest BCUT2D eigenvalue weighted by Gasteiger charge is -2.17. The average molecular weight is 282 g/mol. The summed E-state index contributed by atoms with van der Waals surface area (Å²) in [7, 11) is 0. The van der Waals surface area contributed by atoms with Gasteiger partial charge in [-0.3, -0.25) is 0 Å². The molecule has 0 saturated heterocycles. The van der Waals surface area contributed by atoms with E-state index in [1.54, 1.807) is 19.1 Å². The van der Waals surface area contributed by atoms with E-state index < -0.39 is 5.97 Å². The van der Waals surface area contributed by atoms with Crippen LogP contribution in [0.1, 0.15) is 38.1 Å². The van der Waals surface area contributed by atoms with Gasteiger partial charge in [-0.25, -0.2) is 4.79 Å². The van der Waals surface area contributed by atoms with Crippen LogP contribution in [0.15, 0.2) is 12.1 Å². The molecule has 1 aromatic carbocycles. The van der Waals surface area contributed by atoms with Gasteiger partial charge in [-0.2, -0.15) is 0 Å². The first-order chi connectivity index (χ1) is 9.69. The number of rotatable bonds is 8. The van der Waals surface area contributed by atoms with Gasteiger partial charge in [-0.05, 0) is 39.8 Å². The Bertz CT molecular complexity index is 442. The van der Waals surface area contributed by atoms with E-state index in [-0.39, 0.29) is 0 Å². The summed E-state index contributed by atoms with van der Waals surface area (Å²) in [6, 6.07) is 3.33. The second-order valence-corrected chi connectivity index (χ2v) is 3.79. The molecule has 1 rings (SSSR count). The Morgan fingerprint density at radius 3 is 2.00 bits per heavy atom. The van der Waals surface area contributed by atoms with Gasteiger partial charge in [-0.15, -0.1) is 0 Å². The van der Waals surface area contributed by atoms with Crippen molar-refractivity contribution in [2.45, 2.75) is 27.7 Å². The molecule has 0 aromatic heterocycles. The molecule has 0 spiro atoms. The quantitative estimate of drug-likeness (QED) is 0.686. The maximum Gasteiger partial charge on any atom is 0.342 e. The maximum atomic E-state index is 12.0. The minimum Gasteiger partial charge on any atom is -0.490 e. The van der Waals surface area contributed by atoms with Gasteiger partial charge in [-0.1, -0.05) is 0 Å². The standard InChI is InChI=1S/C15H22O5/c1-5-17-12-10-9-11(15(16)20-8-4)13(18-6-2)14(12)19-7-3/h9-10H,5-8H2,1-4H3. The van der Waals surface area contributed by atoms with Gasteiger partial charge in [0, 0.05) is 0 Å². The van der Waals surface area contributed by atoms with Crippen molar-refractivity contribution < 1.29 is 23.7 Å². The van der Waals surface area contributed by atoms with Gasteiger partial charge in [0.25, 0.3) is 0 Å². The predicted molar refractivity (Wildman–Crippen MR) is 75.9 cm³/mol. The molecule has 0 aliphatic rings. The normalized spacial score (nSPS) is 10.0. The van der Waals surface area contributed by atoms with Crippen LogP contribution in [0.25, 0.3) is 0 Å². The lowest BCUT2D eigenvalue weighted by atomic mass is 10.1. The largest absolute Gasteiger partial charge is 0.490 e. The summed E-state index contributed by atoms with van der Waals surface area (Å²) in [6.45, 7) is 9.03. The van der Waals surface area contributed by atoms with E-state index in [4.69, 9.17) is 18.9 Å². The predicted octanol–water partition coefficient (Wildman–Crippen LogP) is 3.06. The molecule has 0 fully saturated rings. The molecule has 0 heterocycles. The van der Waals surface area contributed by atoms with Crippen molar-refractivity contribution in [3.05, 3.63) is 17.7 Å². The molecule has 0 amide bonds. The van der Waals surface area contributed by atoms with Crippen LogP contribution in [0, 0.1) is 0 Å². The number of carbonyl (C=O) groups is 1. The number of esters is 1. The zero-order valence-corrected chi connectivity index (χ0v) is 12.5. The van der Waals surface area contributed by atoms with Crippen molar-refractivity contribution in [1.82, 2.24) is 0 Å². The van der Waals surface area contributed by atoms with Crippen LogP contribution in [-0.2, 0) is 4.74 Å². The van der Waals surface area contributed by atoms with Crippen LogP contribution >= 0.6 is 0 Å². The van der Waals surface area contributed by atoms with Crippen molar-refractivity contribution in [3.63, 3.8) is 0 Å². The van der Waals surface area contributed by atoms with E-state index in [1.807, 2.05) is 20.8 Å². The van der Waals surface area contributed by atoms with Crippen LogP contribution in [-0.4, -0.2) is 32.4 Å². The molecule has 5 heteroatoms. The molecule has 0 atom stereocenters. The number of hydrogen-bond donors (Lipinski definition) is 0. The summed E-state index contributed by atoms with van der Waals surface area (Å²) in [4.78, 5) is 12.0. The van der Waals surface area contributed by atoms with Gasteiger partial charge < -0.3 is 18.9 Å². The zero-order chi connectivity index (χ0) is 15.0. The highest BCUT2D eigenvalue weighted by atomic mass is 16.5. The molecular weight excluding hydrogens is 260 g/mol. The Labute approximate surface area is 119 Å². The van der Waals surface area contributed by atoms with Gasteiger partial charge in [0.15, 0.2) is 11.5 Å². The Morgan fingerprint density at radius 1 is 0.850 bits per heavy atom. The van der Waals surface area contributed by atoms with Crippen LogP contribution < -0.4 is 14.2 Å². The molecule has 20 heavy (non-hydrogen) atoms. The number of benzene rings is 1. The third-order valence-electron chi connectivity index (χ3n) is 2.45. The second kappa shape index (κ2) is 8.30. The van der Waals surface area contributed by atoms with E-state index in [0.717, 1.165) is 0 Å². The summed E-state index contributed by atoms with van der Waals surface area (Å²) >= 11 is 0. The Kier molecular flexibility index (Phi) is 6.70. The Morgan fingerprint density at radius 2 is 1.45 bits per heavy atom. The van der Waals surface area contributed by atoms with E-state index in [0.29, 0.717) is 49.2 Å². The van der Waals surface area contributed by atoms with E-state index >= 15 is 0 Å². The van der Waals surface area contributed by atoms with E-state index in [2.05, 4.69) is 0 Å². The van der Waals surface area contributed by atoms with Crippen molar-refractivity contribution in [2.75, 3.05) is 26.4 Å². The van der Waals surface area contributed by atoms with Crippen LogP contribution in [0.2, 0.25) is 0 Å². The van der Waals surface area contributed by atoms with Crippen molar-refractivity contribution in [2.24, 2.45) is 0 Å². The lowest BCUT2D eigenvalue weighted by Crippen LogP contribution is -2.10. The topological polar surface area (TPSA) is 54.0 Å². The highest BCUT2D eigenvalue weighted by Gasteiger charge is 2.22. The molecule has 0 N–H and O–H groups in total. The Hall–Kier alpha value is -1.91. The first kappa shape index (κ1) is 16.1. The molecule has 0 aliphatic carbocycles. The SMILES string of the molecule is CCOC(=O)c1ccc(OCC)c(OCC)c1OCC. The van der Waals surface area contributed by atoms with Crippen LogP contribution in [0.4, 0.5) is 0 Å². The van der Waals surface area contributed by atoms with Crippen molar-refractivity contribution >= 4 is 5.97 Å². The smallest absolute Gasteiger partial charge is 0.342 e. The molecule has 0 radical (unpaired) electrons. The fraction of sp³-hybridized carbons (Fsp3) is 0.533. The second-order valence-electron chi connectivity index (χ2n) is 3.79. The third-order valence-corrected chi connectivity index (χ3v) is 2.45. The minimum absolute atomic E-state index is 0.307. The van der Waals surface area contributed by atoms with E-state index in [1.165, 1.54) is 0 Å². The fourth-order valence-electron chi connectivity index (χ4n) is 1.75. The first-order valence-corrected chi connectivity index (χ1v) is 6.91. The molecule has 0 unspecified atom stereocenters. The monoisotopic (exact) mass is 282 g/mol. The first-order valence-electron chi connectivity index (χ1n) is 6.91. The maximum absolute atomic E-state index is 12.0. The lowest BCUT2D eigenvalue weighted by molar-refractivity contribution is 0.0521. The highest BCUT2D eigenvalue weighted by Crippen LogP contribution is 2.40. The molecule has 5 nitrogen and oxygen atoms in total. The molecule has 0 bridgehead atoms. The van der Waals surface area contributed by atoms with E-state index in [9.17, 15) is 4.79 Å². The van der Waals surface area contributed by atoms with Crippen molar-refractivity contribution in [3.8, 4) is 17.2 Å². The zero-order valence-electron chi connectivity index (χ0n) is 12.5. The number of carbonyl (C=O) groups excluding carboxylic acids is 1. The average Bonchev–Trinajstić information content (AvgIpc) is 2.43. The minimum atomic E-state index is -0.431. The highest BCUT2D eigenvalue weighted by molar-refractivity contribution is 5.94. The summed E-state index contributed by atoms with van der Waals surface area (Å²) in [5.41, 5.74) is 0.348. The summed E-state index contributed by atoms with van der Waals surface area (Å²) < 4.78 is 21.7. The van der Waals surface area contributed by atoms with Gasteiger partial charge >= 0.3 is 5.97 Å². The fourth-order valence-corrected chi connectivity index (χ4v) is 1.75. The molecule has 0 aliphatic heterocycles. The Balaban J connectivity index is 3.30. The molecule has 1 aromatic rings. The number of hydrogen-bond acceptors (Lipinski definition) is 5. The molecule has 0 saturated carbocycles. The van der Waals surface area contributed by atoms with Gasteiger partial charge in [0.05, 0.1) is 26.4 Å². The summed E-state index contributed by atoms with van der Waals surface area (Å²) in [5.74, 6) is 0.950. The van der Waals surface area contributed by atoms with Crippen LogP contribution in [0.5, 0.6) is 17.2 Å². The third kappa shape index (κ3) is 3.79. The van der Waals surface area contributed by atoms with Crippen LogP contribution in [0.3, 0.4) is 0 Å². The molecule has 112 valence electrons. The van der Waals surface area contributed by atoms with Crippen molar-refractivity contribution in [1.29, 1.82) is 0 Å². The molecular formula is C15H22O5. The van der Waals surface area contributed by atoms with Gasteiger partial charge in [0.1, 0.15) is 5.56 Å².